The Morgan fingerprint density at radius 1 is 1.27 bits per heavy atom. The smallest absolute Gasteiger partial charge is 0.0485 e. The van der Waals surface area contributed by atoms with E-state index in [1.165, 1.54) is 35.9 Å². The molecule has 0 unspecified atom stereocenters. The molecular weight excluding hydrogens is 184 g/mol. The molecule has 0 saturated heterocycles. The van der Waals surface area contributed by atoms with Crippen molar-refractivity contribution >= 4 is 10.9 Å². The molecule has 2 heteroatoms. The summed E-state index contributed by atoms with van der Waals surface area (Å²) < 4.78 is 2.44. The second-order valence-corrected chi connectivity index (χ2v) is 4.35. The lowest BCUT2D eigenvalue weighted by atomic mass is 9.92. The lowest BCUT2D eigenvalue weighted by Gasteiger charge is -2.29. The predicted octanol–water partition coefficient (Wildman–Crippen LogP) is 2.83. The predicted molar refractivity (Wildman–Crippen MR) is 62.7 cm³/mol. The fraction of sp³-hybridized carbons (Fsp3) is 0.385. The molecule has 1 aliphatic carbocycles. The number of nitrogens with zero attached hydrogens (tertiary/aromatic N) is 1. The van der Waals surface area contributed by atoms with Gasteiger partial charge in [0, 0.05) is 23.8 Å². The minimum Gasteiger partial charge on any atom is -0.340 e. The lowest BCUT2D eigenvalue weighted by molar-refractivity contribution is 0.315. The molecule has 1 aromatic carbocycles. The van der Waals surface area contributed by atoms with Crippen molar-refractivity contribution < 1.29 is 0 Å². The molecule has 0 radical (unpaired) electrons. The van der Waals surface area contributed by atoms with Crippen LogP contribution in [-0.4, -0.2) is 4.57 Å². The first-order valence-electron chi connectivity index (χ1n) is 5.69. The van der Waals surface area contributed by atoms with E-state index >= 15 is 0 Å². The van der Waals surface area contributed by atoms with E-state index in [0.29, 0.717) is 12.6 Å². The number of hydrogen-bond donors (Lipinski definition) is 1. The highest BCUT2D eigenvalue weighted by atomic mass is 15.0. The van der Waals surface area contributed by atoms with E-state index < -0.39 is 0 Å². The summed E-state index contributed by atoms with van der Waals surface area (Å²) >= 11 is 0. The number of hydrogen-bond acceptors (Lipinski definition) is 1. The highest BCUT2D eigenvalue weighted by Gasteiger charge is 2.22. The van der Waals surface area contributed by atoms with Crippen LogP contribution < -0.4 is 5.73 Å². The number of nitrogens with two attached hydrogens (primary N) is 1. The SMILES string of the molecule is NCc1cc2ccccc2n1C1CCC1. The van der Waals surface area contributed by atoms with Crippen molar-refractivity contribution in [2.24, 2.45) is 5.73 Å². The van der Waals surface area contributed by atoms with Gasteiger partial charge in [-0.15, -0.1) is 0 Å². The molecule has 1 aromatic heterocycles. The monoisotopic (exact) mass is 200 g/mol. The second-order valence-electron chi connectivity index (χ2n) is 4.35. The summed E-state index contributed by atoms with van der Waals surface area (Å²) in [5, 5.41) is 1.32. The van der Waals surface area contributed by atoms with Crippen LogP contribution in [-0.2, 0) is 6.54 Å². The molecule has 2 aromatic rings. The largest absolute Gasteiger partial charge is 0.340 e. The third-order valence-corrected chi connectivity index (χ3v) is 3.48. The first-order chi connectivity index (χ1) is 7.40. The van der Waals surface area contributed by atoms with Gasteiger partial charge in [0.25, 0.3) is 0 Å². The third kappa shape index (κ3) is 1.29. The van der Waals surface area contributed by atoms with Crippen LogP contribution in [0.4, 0.5) is 0 Å². The zero-order valence-electron chi connectivity index (χ0n) is 8.82. The van der Waals surface area contributed by atoms with Gasteiger partial charge < -0.3 is 10.3 Å². The Balaban J connectivity index is 2.22. The van der Waals surface area contributed by atoms with Crippen molar-refractivity contribution in [1.29, 1.82) is 0 Å². The second kappa shape index (κ2) is 3.38. The van der Waals surface area contributed by atoms with E-state index in [-0.39, 0.29) is 0 Å². The fourth-order valence-electron chi connectivity index (χ4n) is 2.47. The van der Waals surface area contributed by atoms with Gasteiger partial charge in [-0.25, -0.2) is 0 Å². The summed E-state index contributed by atoms with van der Waals surface area (Å²) in [4.78, 5) is 0. The van der Waals surface area contributed by atoms with E-state index in [1.54, 1.807) is 0 Å². The van der Waals surface area contributed by atoms with Gasteiger partial charge in [0.15, 0.2) is 0 Å². The molecule has 3 rings (SSSR count). The van der Waals surface area contributed by atoms with E-state index in [0.717, 1.165) is 0 Å². The fourth-order valence-corrected chi connectivity index (χ4v) is 2.47. The highest BCUT2D eigenvalue weighted by Crippen LogP contribution is 2.36. The van der Waals surface area contributed by atoms with E-state index in [2.05, 4.69) is 34.9 Å². The number of para-hydroxylation sites is 1. The van der Waals surface area contributed by atoms with Crippen molar-refractivity contribution in [3.05, 3.63) is 36.0 Å². The molecule has 2 nitrogen and oxygen atoms in total. The molecule has 2 N–H and O–H groups in total. The molecule has 1 aliphatic rings. The highest BCUT2D eigenvalue weighted by molar-refractivity contribution is 5.81. The van der Waals surface area contributed by atoms with E-state index in [9.17, 15) is 0 Å². The van der Waals surface area contributed by atoms with Gasteiger partial charge in [-0.2, -0.15) is 0 Å². The van der Waals surface area contributed by atoms with Crippen LogP contribution in [0.25, 0.3) is 10.9 Å². The van der Waals surface area contributed by atoms with Gasteiger partial charge >= 0.3 is 0 Å². The zero-order valence-corrected chi connectivity index (χ0v) is 8.82. The van der Waals surface area contributed by atoms with Gasteiger partial charge in [0.05, 0.1) is 0 Å². The molecule has 1 saturated carbocycles. The van der Waals surface area contributed by atoms with Crippen LogP contribution in [0.1, 0.15) is 31.0 Å². The first kappa shape index (κ1) is 8.98. The van der Waals surface area contributed by atoms with E-state index in [1.807, 2.05) is 0 Å². The molecule has 78 valence electrons. The van der Waals surface area contributed by atoms with Gasteiger partial charge in [-0.1, -0.05) is 18.2 Å². The molecule has 0 bridgehead atoms. The maximum atomic E-state index is 5.81. The normalized spacial score (nSPS) is 16.9. The molecule has 0 spiro atoms. The van der Waals surface area contributed by atoms with Gasteiger partial charge in [-0.3, -0.25) is 0 Å². The first-order valence-corrected chi connectivity index (χ1v) is 5.69. The van der Waals surface area contributed by atoms with Crippen LogP contribution >= 0.6 is 0 Å². The van der Waals surface area contributed by atoms with Gasteiger partial charge in [-0.05, 0) is 36.8 Å². The number of benzene rings is 1. The summed E-state index contributed by atoms with van der Waals surface area (Å²) in [6.45, 7) is 0.644. The molecular formula is C13H16N2. The van der Waals surface area contributed by atoms with Crippen molar-refractivity contribution in [1.82, 2.24) is 4.57 Å². The number of aromatic nitrogens is 1. The minimum atomic E-state index is 0.644. The van der Waals surface area contributed by atoms with Crippen LogP contribution in [0.15, 0.2) is 30.3 Å². The molecule has 1 fully saturated rings. The Morgan fingerprint density at radius 2 is 2.07 bits per heavy atom. The van der Waals surface area contributed by atoms with Gasteiger partial charge in [0.1, 0.15) is 0 Å². The average molecular weight is 200 g/mol. The molecule has 0 aliphatic heterocycles. The summed E-state index contributed by atoms with van der Waals surface area (Å²) in [6, 6.07) is 11.5. The van der Waals surface area contributed by atoms with Crippen molar-refractivity contribution in [2.45, 2.75) is 31.8 Å². The number of rotatable bonds is 2. The Bertz CT molecular complexity index is 480. The summed E-state index contributed by atoms with van der Waals surface area (Å²) in [5.74, 6) is 0. The molecule has 1 heterocycles. The van der Waals surface area contributed by atoms with Crippen LogP contribution in [0, 0.1) is 0 Å². The Hall–Kier alpha value is -1.28. The van der Waals surface area contributed by atoms with Crippen LogP contribution in [0.5, 0.6) is 0 Å². The maximum Gasteiger partial charge on any atom is 0.0485 e. The maximum absolute atomic E-state index is 5.81. The van der Waals surface area contributed by atoms with Crippen molar-refractivity contribution in [3.63, 3.8) is 0 Å². The van der Waals surface area contributed by atoms with Crippen molar-refractivity contribution in [3.8, 4) is 0 Å². The quantitative estimate of drug-likeness (QED) is 0.794. The lowest BCUT2D eigenvalue weighted by Crippen LogP contribution is -2.20. The molecule has 0 atom stereocenters. The summed E-state index contributed by atoms with van der Waals surface area (Å²) in [5.41, 5.74) is 8.44. The Labute approximate surface area is 89.7 Å². The van der Waals surface area contributed by atoms with E-state index in [4.69, 9.17) is 5.73 Å². The summed E-state index contributed by atoms with van der Waals surface area (Å²) in [7, 11) is 0. The molecule has 15 heavy (non-hydrogen) atoms. The van der Waals surface area contributed by atoms with Crippen LogP contribution in [0.3, 0.4) is 0 Å². The topological polar surface area (TPSA) is 30.9 Å². The standard InChI is InChI=1S/C13H16N2/c14-9-12-8-10-4-1-2-7-13(10)15(12)11-5-3-6-11/h1-2,4,7-8,11H,3,5-6,9,14H2. The minimum absolute atomic E-state index is 0.644. The number of fused-ring (bicyclic) bond motifs is 1. The average Bonchev–Trinajstić information content (AvgIpc) is 2.55. The molecule has 0 amide bonds. The van der Waals surface area contributed by atoms with Gasteiger partial charge in [0.2, 0.25) is 0 Å². The Kier molecular flexibility index (Phi) is 2.03. The summed E-state index contributed by atoms with van der Waals surface area (Å²) in [6.07, 6.45) is 3.98. The van der Waals surface area contributed by atoms with Crippen LogP contribution in [0.2, 0.25) is 0 Å². The Morgan fingerprint density at radius 3 is 2.73 bits per heavy atom. The van der Waals surface area contributed by atoms with Crippen molar-refractivity contribution in [2.75, 3.05) is 0 Å². The third-order valence-electron chi connectivity index (χ3n) is 3.48. The zero-order chi connectivity index (χ0) is 10.3.